The Kier molecular flexibility index (Phi) is 13.7. The highest BCUT2D eigenvalue weighted by molar-refractivity contribution is 5.90. The monoisotopic (exact) mass is 518 g/mol. The van der Waals surface area contributed by atoms with Crippen molar-refractivity contribution in [2.24, 2.45) is 11.3 Å². The van der Waals surface area contributed by atoms with E-state index in [1.54, 1.807) is 27.8 Å². The molecule has 0 aromatic heterocycles. The van der Waals surface area contributed by atoms with Crippen LogP contribution in [0.1, 0.15) is 99.0 Å². The zero-order valence-corrected chi connectivity index (χ0v) is 24.4. The number of rotatable bonds is 15. The van der Waals surface area contributed by atoms with Gasteiger partial charge in [-0.25, -0.2) is 0 Å². The molecule has 0 aliphatic rings. The van der Waals surface area contributed by atoms with Crippen molar-refractivity contribution in [3.8, 4) is 5.75 Å². The smallest absolute Gasteiger partial charge is 0.307 e. The van der Waals surface area contributed by atoms with E-state index in [1.165, 1.54) is 24.8 Å². The minimum absolute atomic E-state index is 0.0337. The maximum atomic E-state index is 13.2. The van der Waals surface area contributed by atoms with Crippen molar-refractivity contribution in [3.05, 3.63) is 29.8 Å². The van der Waals surface area contributed by atoms with Crippen molar-refractivity contribution in [2.45, 2.75) is 111 Å². The summed E-state index contributed by atoms with van der Waals surface area (Å²) in [6.07, 6.45) is 6.66. The van der Waals surface area contributed by atoms with E-state index in [1.807, 2.05) is 32.9 Å². The lowest BCUT2D eigenvalue weighted by Gasteiger charge is -2.31. The van der Waals surface area contributed by atoms with Crippen molar-refractivity contribution >= 4 is 17.8 Å². The molecule has 0 heterocycles. The number of unbranched alkanes of at least 4 members (excludes halogenated alkanes) is 3. The highest BCUT2D eigenvalue weighted by Crippen LogP contribution is 2.23. The number of esters is 1. The van der Waals surface area contributed by atoms with Gasteiger partial charge in [0.05, 0.1) is 13.0 Å². The van der Waals surface area contributed by atoms with Crippen LogP contribution in [0.25, 0.3) is 0 Å². The van der Waals surface area contributed by atoms with E-state index < -0.39 is 28.9 Å². The second kappa shape index (κ2) is 15.6. The van der Waals surface area contributed by atoms with E-state index in [4.69, 9.17) is 9.47 Å². The van der Waals surface area contributed by atoms with Gasteiger partial charge in [0.1, 0.15) is 17.4 Å². The quantitative estimate of drug-likeness (QED) is 0.233. The zero-order chi connectivity index (χ0) is 28.1. The molecule has 0 bridgehead atoms. The van der Waals surface area contributed by atoms with Crippen LogP contribution in [0, 0.1) is 11.3 Å². The fraction of sp³-hybridized carbons (Fsp3) is 0.700. The van der Waals surface area contributed by atoms with Crippen LogP contribution in [-0.4, -0.2) is 43.1 Å². The number of hydrogen-bond donors (Lipinski definition) is 2. The van der Waals surface area contributed by atoms with Crippen LogP contribution in [0.15, 0.2) is 24.3 Å². The lowest BCUT2D eigenvalue weighted by atomic mass is 9.85. The summed E-state index contributed by atoms with van der Waals surface area (Å²) in [5.41, 5.74) is 0.209. The van der Waals surface area contributed by atoms with E-state index in [0.29, 0.717) is 19.4 Å². The topological polar surface area (TPSA) is 93.7 Å². The number of benzene rings is 1. The number of hydrogen-bond acceptors (Lipinski definition) is 5. The van der Waals surface area contributed by atoms with Crippen LogP contribution in [0.3, 0.4) is 0 Å². The first-order valence-electron chi connectivity index (χ1n) is 13.7. The highest BCUT2D eigenvalue weighted by Gasteiger charge is 2.34. The maximum absolute atomic E-state index is 13.2. The number of carbonyl (C=O) groups excluding carboxylic acids is 3. The van der Waals surface area contributed by atoms with Crippen LogP contribution in [0.2, 0.25) is 0 Å². The molecule has 1 rings (SSSR count). The molecule has 0 saturated heterocycles. The van der Waals surface area contributed by atoms with Crippen molar-refractivity contribution in [1.29, 1.82) is 0 Å². The summed E-state index contributed by atoms with van der Waals surface area (Å²) >= 11 is 0. The Morgan fingerprint density at radius 2 is 1.54 bits per heavy atom. The molecule has 0 fully saturated rings. The standard InChI is InChI=1S/C30H50N2O5/c1-9-10-11-14-22-16-18-24(19-17-22)36-20-13-12-15-23(21-25(33)37-30(5,6)7)27(34)32-26(28(35)31-8)29(2,3)4/h16-19,23,26H,9-15,20-21H2,1-8H3,(H,31,35)(H,32,34)/t23-,26+/m0/s1. The van der Waals surface area contributed by atoms with Crippen LogP contribution in [0.5, 0.6) is 5.75 Å². The van der Waals surface area contributed by atoms with Crippen molar-refractivity contribution in [2.75, 3.05) is 13.7 Å². The van der Waals surface area contributed by atoms with E-state index in [-0.39, 0.29) is 18.2 Å². The molecule has 37 heavy (non-hydrogen) atoms. The Labute approximate surface area is 224 Å². The molecule has 0 unspecified atom stereocenters. The lowest BCUT2D eigenvalue weighted by Crippen LogP contribution is -2.54. The molecule has 1 aromatic rings. The van der Waals surface area contributed by atoms with Crippen molar-refractivity contribution in [3.63, 3.8) is 0 Å². The van der Waals surface area contributed by atoms with Gasteiger partial charge in [-0.2, -0.15) is 0 Å². The van der Waals surface area contributed by atoms with Gasteiger partial charge in [0, 0.05) is 13.0 Å². The highest BCUT2D eigenvalue weighted by atomic mass is 16.6. The van der Waals surface area contributed by atoms with Crippen LogP contribution in [0.4, 0.5) is 0 Å². The average molecular weight is 519 g/mol. The van der Waals surface area contributed by atoms with Gasteiger partial charge in [0.2, 0.25) is 11.8 Å². The average Bonchev–Trinajstić information content (AvgIpc) is 2.80. The van der Waals surface area contributed by atoms with E-state index in [9.17, 15) is 14.4 Å². The first-order chi connectivity index (χ1) is 17.3. The van der Waals surface area contributed by atoms with Gasteiger partial charge in [-0.15, -0.1) is 0 Å². The Hall–Kier alpha value is -2.57. The Balaban J connectivity index is 2.69. The fourth-order valence-electron chi connectivity index (χ4n) is 4.00. The van der Waals surface area contributed by atoms with E-state index in [2.05, 4.69) is 29.7 Å². The third kappa shape index (κ3) is 13.5. The molecular formula is C30H50N2O5. The van der Waals surface area contributed by atoms with Gasteiger partial charge in [-0.3, -0.25) is 14.4 Å². The largest absolute Gasteiger partial charge is 0.494 e. The second-order valence-corrected chi connectivity index (χ2v) is 11.9. The molecule has 0 radical (unpaired) electrons. The summed E-state index contributed by atoms with van der Waals surface area (Å²) in [6.45, 7) is 13.8. The first kappa shape index (κ1) is 32.5. The van der Waals surface area contributed by atoms with Crippen LogP contribution < -0.4 is 15.4 Å². The minimum atomic E-state index is -0.709. The molecule has 2 amide bonds. The predicted molar refractivity (Wildman–Crippen MR) is 148 cm³/mol. The number of likely N-dealkylation sites (N-methyl/N-ethyl adjacent to an activating group) is 1. The molecule has 210 valence electrons. The summed E-state index contributed by atoms with van der Waals surface area (Å²) < 4.78 is 11.3. The number of carbonyl (C=O) groups is 3. The maximum Gasteiger partial charge on any atom is 0.307 e. The molecular weight excluding hydrogens is 468 g/mol. The lowest BCUT2D eigenvalue weighted by molar-refractivity contribution is -0.157. The summed E-state index contributed by atoms with van der Waals surface area (Å²) in [5.74, 6) is -0.751. The number of amides is 2. The zero-order valence-electron chi connectivity index (χ0n) is 24.4. The normalized spacial score (nSPS) is 13.4. The summed E-state index contributed by atoms with van der Waals surface area (Å²) in [6, 6.07) is 7.53. The summed E-state index contributed by atoms with van der Waals surface area (Å²) in [5, 5.41) is 5.49. The molecule has 2 N–H and O–H groups in total. The first-order valence-corrected chi connectivity index (χ1v) is 13.7. The van der Waals surface area contributed by atoms with Crippen LogP contribution in [-0.2, 0) is 25.5 Å². The van der Waals surface area contributed by atoms with Crippen molar-refractivity contribution in [1.82, 2.24) is 10.6 Å². The van der Waals surface area contributed by atoms with E-state index in [0.717, 1.165) is 18.6 Å². The molecule has 7 heteroatoms. The second-order valence-electron chi connectivity index (χ2n) is 11.9. The van der Waals surface area contributed by atoms with Crippen LogP contribution >= 0.6 is 0 Å². The third-order valence-corrected chi connectivity index (χ3v) is 6.07. The Morgan fingerprint density at radius 3 is 2.08 bits per heavy atom. The van der Waals surface area contributed by atoms with Crippen molar-refractivity contribution < 1.29 is 23.9 Å². The third-order valence-electron chi connectivity index (χ3n) is 6.07. The molecule has 0 spiro atoms. The van der Waals surface area contributed by atoms with E-state index >= 15 is 0 Å². The number of ether oxygens (including phenoxy) is 2. The molecule has 0 aliphatic heterocycles. The Bertz CT molecular complexity index is 837. The van der Waals surface area contributed by atoms with Gasteiger partial charge >= 0.3 is 5.97 Å². The summed E-state index contributed by atoms with van der Waals surface area (Å²) in [4.78, 5) is 38.1. The minimum Gasteiger partial charge on any atom is -0.494 e. The van der Waals surface area contributed by atoms with Gasteiger partial charge in [-0.1, -0.05) is 52.7 Å². The number of nitrogens with one attached hydrogen (secondary N) is 2. The molecule has 1 aromatic carbocycles. The Morgan fingerprint density at radius 1 is 0.892 bits per heavy atom. The van der Waals surface area contributed by atoms with Gasteiger partial charge < -0.3 is 20.1 Å². The summed E-state index contributed by atoms with van der Waals surface area (Å²) in [7, 11) is 1.55. The van der Waals surface area contributed by atoms with Gasteiger partial charge in [-0.05, 0) is 76.0 Å². The molecule has 7 nitrogen and oxygen atoms in total. The fourth-order valence-corrected chi connectivity index (χ4v) is 4.00. The van der Waals surface area contributed by atoms with Gasteiger partial charge in [0.25, 0.3) is 0 Å². The SMILES string of the molecule is CCCCCc1ccc(OCCCC[C@@H](CC(=O)OC(C)(C)C)C(=O)N[C@H](C(=O)NC)C(C)(C)C)cc1. The predicted octanol–water partition coefficient (Wildman–Crippen LogP) is 5.59. The molecule has 2 atom stereocenters. The number of aryl methyl sites for hydroxylation is 1. The molecule has 0 aliphatic carbocycles. The van der Waals surface area contributed by atoms with Gasteiger partial charge in [0.15, 0.2) is 0 Å². The molecule has 0 saturated carbocycles.